The summed E-state index contributed by atoms with van der Waals surface area (Å²) in [7, 11) is 0. The molecule has 1 aromatic heterocycles. The topological polar surface area (TPSA) is 57.3 Å². The van der Waals surface area contributed by atoms with E-state index in [2.05, 4.69) is 15.2 Å². The number of fused-ring (bicyclic) bond motifs is 4. The third-order valence-corrected chi connectivity index (χ3v) is 4.33. The zero-order valence-electron chi connectivity index (χ0n) is 13.0. The van der Waals surface area contributed by atoms with Crippen LogP contribution in [0.4, 0.5) is 24.7 Å². The first-order chi connectivity index (χ1) is 10.8. The van der Waals surface area contributed by atoms with E-state index in [-0.39, 0.29) is 11.7 Å². The van der Waals surface area contributed by atoms with Gasteiger partial charge in [0.05, 0.1) is 5.69 Å². The monoisotopic (exact) mass is 328 g/mol. The van der Waals surface area contributed by atoms with Gasteiger partial charge in [-0.3, -0.25) is 4.79 Å². The van der Waals surface area contributed by atoms with Crippen molar-refractivity contribution >= 4 is 17.4 Å². The van der Waals surface area contributed by atoms with Crippen LogP contribution in [-0.4, -0.2) is 42.2 Å². The Kier molecular flexibility index (Phi) is 3.85. The highest BCUT2D eigenvalue weighted by Gasteiger charge is 2.37. The summed E-state index contributed by atoms with van der Waals surface area (Å²) in [6.07, 6.45) is -2.36. The first kappa shape index (κ1) is 15.9. The maximum absolute atomic E-state index is 12.6. The van der Waals surface area contributed by atoms with Crippen molar-refractivity contribution in [2.75, 3.05) is 23.3 Å². The van der Waals surface area contributed by atoms with Gasteiger partial charge in [0, 0.05) is 19.1 Å². The molecule has 0 spiro atoms. The predicted octanol–water partition coefficient (Wildman–Crippen LogP) is 2.46. The maximum atomic E-state index is 12.6. The van der Waals surface area contributed by atoms with Crippen molar-refractivity contribution in [1.29, 1.82) is 0 Å². The standard InChI is InChI=1S/C15H19F3N4O/c1-8-6-11(14(23)19-9(2)15(16,17)18)21-13-12(8)22-5-3-4-10(7-22)20-13/h6,9-10H,3-5,7H2,1-2H3,(H,19,23)(H,20,21)/t9?,10-/m0/s1. The van der Waals surface area contributed by atoms with Crippen LogP contribution in [-0.2, 0) is 0 Å². The normalized spacial score (nSPS) is 21.3. The predicted molar refractivity (Wildman–Crippen MR) is 80.8 cm³/mol. The first-order valence-corrected chi connectivity index (χ1v) is 7.66. The third kappa shape index (κ3) is 3.07. The maximum Gasteiger partial charge on any atom is 0.408 e. The number of halogens is 3. The van der Waals surface area contributed by atoms with Crippen molar-refractivity contribution in [3.63, 3.8) is 0 Å². The van der Waals surface area contributed by atoms with Gasteiger partial charge in [-0.2, -0.15) is 13.2 Å². The SMILES string of the molecule is Cc1cc(C(=O)NC(C)C(F)(F)F)nc2c1N1CCC[C@@H](C1)N2. The number of anilines is 2. The van der Waals surface area contributed by atoms with Crippen LogP contribution in [0.15, 0.2) is 6.07 Å². The highest BCUT2D eigenvalue weighted by atomic mass is 19.4. The molecule has 2 bridgehead atoms. The van der Waals surface area contributed by atoms with Gasteiger partial charge in [0.25, 0.3) is 5.91 Å². The molecular formula is C15H19F3N4O. The molecule has 2 aliphatic rings. The lowest BCUT2D eigenvalue weighted by molar-refractivity contribution is -0.149. The van der Waals surface area contributed by atoms with Crippen LogP contribution in [0.3, 0.4) is 0 Å². The minimum absolute atomic E-state index is 0.00558. The van der Waals surface area contributed by atoms with Crippen molar-refractivity contribution < 1.29 is 18.0 Å². The van der Waals surface area contributed by atoms with Gasteiger partial charge in [0.1, 0.15) is 11.7 Å². The van der Waals surface area contributed by atoms with E-state index in [1.807, 2.05) is 12.2 Å². The lowest BCUT2D eigenvalue weighted by atomic mass is 10.00. The Morgan fingerprint density at radius 1 is 1.52 bits per heavy atom. The lowest BCUT2D eigenvalue weighted by Crippen LogP contribution is -2.47. The van der Waals surface area contributed by atoms with Crippen LogP contribution in [0, 0.1) is 6.92 Å². The molecule has 2 N–H and O–H groups in total. The summed E-state index contributed by atoms with van der Waals surface area (Å²) < 4.78 is 37.7. The summed E-state index contributed by atoms with van der Waals surface area (Å²) in [5.74, 6) is -0.223. The van der Waals surface area contributed by atoms with E-state index in [9.17, 15) is 18.0 Å². The molecule has 3 rings (SSSR count). The number of aromatic nitrogens is 1. The van der Waals surface area contributed by atoms with Gasteiger partial charge in [-0.15, -0.1) is 0 Å². The molecule has 23 heavy (non-hydrogen) atoms. The Balaban J connectivity index is 1.86. The zero-order chi connectivity index (χ0) is 16.8. The van der Waals surface area contributed by atoms with E-state index in [1.54, 1.807) is 6.07 Å². The van der Waals surface area contributed by atoms with Crippen LogP contribution in [0.5, 0.6) is 0 Å². The number of nitrogens with zero attached hydrogens (tertiary/aromatic N) is 2. The zero-order valence-corrected chi connectivity index (χ0v) is 13.0. The van der Waals surface area contributed by atoms with Gasteiger partial charge in [0.15, 0.2) is 5.82 Å². The number of nitrogens with one attached hydrogen (secondary N) is 2. The number of carbonyl (C=O) groups is 1. The van der Waals surface area contributed by atoms with Crippen molar-refractivity contribution in [3.05, 3.63) is 17.3 Å². The minimum Gasteiger partial charge on any atom is -0.366 e. The molecule has 2 aliphatic heterocycles. The van der Waals surface area contributed by atoms with E-state index in [1.165, 1.54) is 0 Å². The van der Waals surface area contributed by atoms with Gasteiger partial charge < -0.3 is 15.5 Å². The largest absolute Gasteiger partial charge is 0.408 e. The molecular weight excluding hydrogens is 309 g/mol. The van der Waals surface area contributed by atoms with Crippen molar-refractivity contribution in [2.24, 2.45) is 0 Å². The Labute approximate surface area is 132 Å². The van der Waals surface area contributed by atoms with Crippen LogP contribution in [0.1, 0.15) is 35.8 Å². The quantitative estimate of drug-likeness (QED) is 0.876. The Morgan fingerprint density at radius 2 is 2.26 bits per heavy atom. The first-order valence-electron chi connectivity index (χ1n) is 7.66. The highest BCUT2D eigenvalue weighted by Crippen LogP contribution is 2.36. The molecule has 126 valence electrons. The molecule has 1 aromatic rings. The van der Waals surface area contributed by atoms with E-state index < -0.39 is 18.1 Å². The van der Waals surface area contributed by atoms with E-state index in [0.717, 1.165) is 44.1 Å². The molecule has 0 saturated carbocycles. The summed E-state index contributed by atoms with van der Waals surface area (Å²) >= 11 is 0. The number of pyridine rings is 1. The second-order valence-electron chi connectivity index (χ2n) is 6.19. The Bertz CT molecular complexity index is 632. The molecule has 3 heterocycles. The fourth-order valence-electron chi connectivity index (χ4n) is 3.13. The smallest absolute Gasteiger partial charge is 0.366 e. The average molecular weight is 328 g/mol. The number of piperidine rings is 1. The number of rotatable bonds is 2. The second-order valence-corrected chi connectivity index (χ2v) is 6.19. The number of hydrogen-bond donors (Lipinski definition) is 2. The van der Waals surface area contributed by atoms with Crippen LogP contribution < -0.4 is 15.5 Å². The van der Waals surface area contributed by atoms with Crippen LogP contribution >= 0.6 is 0 Å². The Hall–Kier alpha value is -1.99. The number of carbonyl (C=O) groups excluding carboxylic acids is 1. The summed E-state index contributed by atoms with van der Waals surface area (Å²) in [5, 5.41) is 5.25. The van der Waals surface area contributed by atoms with Gasteiger partial charge in [-0.05, 0) is 38.3 Å². The number of alkyl halides is 3. The average Bonchev–Trinajstić information content (AvgIpc) is 2.45. The molecule has 0 aromatic carbocycles. The van der Waals surface area contributed by atoms with Gasteiger partial charge in [0.2, 0.25) is 0 Å². The van der Waals surface area contributed by atoms with Gasteiger partial charge in [-0.25, -0.2) is 4.98 Å². The van der Waals surface area contributed by atoms with Gasteiger partial charge >= 0.3 is 6.18 Å². The fourth-order valence-corrected chi connectivity index (χ4v) is 3.13. The molecule has 5 nitrogen and oxygen atoms in total. The van der Waals surface area contributed by atoms with Gasteiger partial charge in [-0.1, -0.05) is 0 Å². The molecule has 0 aliphatic carbocycles. The van der Waals surface area contributed by atoms with Crippen LogP contribution in [0.25, 0.3) is 0 Å². The summed E-state index contributed by atoms with van der Waals surface area (Å²) in [6, 6.07) is -0.0896. The molecule has 1 fully saturated rings. The highest BCUT2D eigenvalue weighted by molar-refractivity contribution is 5.94. The van der Waals surface area contributed by atoms with Crippen molar-refractivity contribution in [2.45, 2.75) is 44.9 Å². The van der Waals surface area contributed by atoms with Crippen LogP contribution in [0.2, 0.25) is 0 Å². The van der Waals surface area contributed by atoms with Crippen molar-refractivity contribution in [3.8, 4) is 0 Å². The number of amides is 1. The second kappa shape index (κ2) is 5.58. The molecule has 1 saturated heterocycles. The number of hydrogen-bond acceptors (Lipinski definition) is 4. The third-order valence-electron chi connectivity index (χ3n) is 4.33. The molecule has 0 radical (unpaired) electrons. The fraction of sp³-hybridized carbons (Fsp3) is 0.600. The number of aryl methyl sites for hydroxylation is 1. The van der Waals surface area contributed by atoms with E-state index in [0.29, 0.717) is 5.82 Å². The van der Waals surface area contributed by atoms with E-state index in [4.69, 9.17) is 0 Å². The van der Waals surface area contributed by atoms with E-state index >= 15 is 0 Å². The summed E-state index contributed by atoms with van der Waals surface area (Å²) in [4.78, 5) is 18.6. The van der Waals surface area contributed by atoms with Crippen molar-refractivity contribution in [1.82, 2.24) is 10.3 Å². The molecule has 1 amide bonds. The molecule has 8 heteroatoms. The molecule has 2 atom stereocenters. The summed E-state index contributed by atoms with van der Waals surface area (Å²) in [5.41, 5.74) is 1.79. The lowest BCUT2D eigenvalue weighted by Gasteiger charge is -2.41. The Morgan fingerprint density at radius 3 is 2.96 bits per heavy atom. The minimum atomic E-state index is -4.47. The molecule has 1 unspecified atom stereocenters. The summed E-state index contributed by atoms with van der Waals surface area (Å²) in [6.45, 7) is 4.59.